The van der Waals surface area contributed by atoms with Crippen LogP contribution in [0.25, 0.3) is 10.9 Å². The lowest BCUT2D eigenvalue weighted by molar-refractivity contribution is -0.122. The van der Waals surface area contributed by atoms with Crippen LogP contribution in [0.1, 0.15) is 18.4 Å². The third-order valence-electron chi connectivity index (χ3n) is 5.48. The Hall–Kier alpha value is -3.75. The zero-order chi connectivity index (χ0) is 22.0. The summed E-state index contributed by atoms with van der Waals surface area (Å²) in [5, 5.41) is 3.33. The van der Waals surface area contributed by atoms with Crippen LogP contribution in [0.15, 0.2) is 55.0 Å². The molecule has 31 heavy (non-hydrogen) atoms. The van der Waals surface area contributed by atoms with Crippen LogP contribution in [0.2, 0.25) is 0 Å². The summed E-state index contributed by atoms with van der Waals surface area (Å²) in [6, 6.07) is 8.49. The highest BCUT2D eigenvalue weighted by Crippen LogP contribution is 2.28. The molecule has 3 amide bonds. The van der Waals surface area contributed by atoms with Gasteiger partial charge in [0.05, 0.1) is 23.8 Å². The number of urea groups is 1. The van der Waals surface area contributed by atoms with Crippen LogP contribution in [-0.4, -0.2) is 51.1 Å². The second kappa shape index (κ2) is 8.55. The minimum absolute atomic E-state index is 0.0222. The van der Waals surface area contributed by atoms with Gasteiger partial charge in [-0.15, -0.1) is 0 Å². The number of para-hydroxylation sites is 1. The summed E-state index contributed by atoms with van der Waals surface area (Å²) in [6.07, 6.45) is 4.12. The normalized spacial score (nSPS) is 18.3. The molecule has 8 nitrogen and oxygen atoms in total. The van der Waals surface area contributed by atoms with Gasteiger partial charge in [-0.1, -0.05) is 18.2 Å². The number of fused-ring (bicyclic) bond motifs is 1. The first-order valence-electron chi connectivity index (χ1n) is 9.97. The summed E-state index contributed by atoms with van der Waals surface area (Å²) >= 11 is 0. The van der Waals surface area contributed by atoms with Crippen LogP contribution >= 0.6 is 0 Å². The van der Waals surface area contributed by atoms with Gasteiger partial charge in [0.15, 0.2) is 5.78 Å². The van der Waals surface area contributed by atoms with Crippen molar-refractivity contribution in [2.24, 2.45) is 5.73 Å². The number of rotatable bonds is 5. The van der Waals surface area contributed by atoms with Crippen molar-refractivity contribution in [3.8, 4) is 0 Å². The van der Waals surface area contributed by atoms with Gasteiger partial charge in [0.1, 0.15) is 6.17 Å². The molecule has 2 aromatic heterocycles. The number of Topliss-reactive ketones (excluding diaryl/α,β-unsaturated/α-hetero) is 1. The van der Waals surface area contributed by atoms with Gasteiger partial charge in [-0.2, -0.15) is 0 Å². The number of hydrogen-bond acceptors (Lipinski definition) is 4. The zero-order valence-electron chi connectivity index (χ0n) is 16.7. The number of nitrogens with zero attached hydrogens (tertiary/aromatic N) is 3. The van der Waals surface area contributed by atoms with Crippen molar-refractivity contribution < 1.29 is 18.8 Å². The number of benzene rings is 1. The number of halogens is 1. The fourth-order valence-corrected chi connectivity index (χ4v) is 3.95. The van der Waals surface area contributed by atoms with Crippen molar-refractivity contribution in [2.75, 3.05) is 11.9 Å². The first-order chi connectivity index (χ1) is 14.9. The number of nitrogens with two attached hydrogens (primary N) is 1. The van der Waals surface area contributed by atoms with Gasteiger partial charge < -0.3 is 16.0 Å². The van der Waals surface area contributed by atoms with E-state index in [0.29, 0.717) is 23.0 Å². The van der Waals surface area contributed by atoms with E-state index in [2.05, 4.69) is 10.3 Å². The van der Waals surface area contributed by atoms with E-state index in [1.54, 1.807) is 36.7 Å². The molecule has 0 saturated carbocycles. The predicted molar refractivity (Wildman–Crippen MR) is 114 cm³/mol. The summed E-state index contributed by atoms with van der Waals surface area (Å²) < 4.78 is 15.4. The fraction of sp³-hybridized carbons (Fsp3) is 0.273. The molecular formula is C22H22FN5O3. The average molecular weight is 423 g/mol. The van der Waals surface area contributed by atoms with E-state index in [0.717, 1.165) is 5.56 Å². The van der Waals surface area contributed by atoms with Gasteiger partial charge in [0.25, 0.3) is 0 Å². The Morgan fingerprint density at radius 1 is 1.16 bits per heavy atom. The first kappa shape index (κ1) is 20.5. The molecule has 0 unspecified atom stereocenters. The third-order valence-corrected chi connectivity index (χ3v) is 5.48. The van der Waals surface area contributed by atoms with E-state index in [1.165, 1.54) is 15.7 Å². The van der Waals surface area contributed by atoms with Gasteiger partial charge in [-0.25, -0.2) is 14.0 Å². The van der Waals surface area contributed by atoms with Crippen molar-refractivity contribution >= 4 is 34.4 Å². The number of amides is 3. The molecule has 9 heteroatoms. The van der Waals surface area contributed by atoms with E-state index in [4.69, 9.17) is 5.73 Å². The molecule has 1 aliphatic heterocycles. The Labute approximate surface area is 177 Å². The second-order valence-corrected chi connectivity index (χ2v) is 7.52. The second-order valence-electron chi connectivity index (χ2n) is 7.52. The number of ketones is 1. The molecule has 0 radical (unpaired) electrons. The quantitative estimate of drug-likeness (QED) is 0.657. The van der Waals surface area contributed by atoms with E-state index >= 15 is 0 Å². The molecule has 160 valence electrons. The number of nitrogens with one attached hydrogen (secondary N) is 1. The summed E-state index contributed by atoms with van der Waals surface area (Å²) in [7, 11) is 0. The molecule has 2 atom stereocenters. The van der Waals surface area contributed by atoms with Crippen LogP contribution in [0, 0.1) is 0 Å². The highest BCUT2D eigenvalue weighted by Gasteiger charge is 2.39. The lowest BCUT2D eigenvalue weighted by Gasteiger charge is -2.23. The molecule has 3 heterocycles. The van der Waals surface area contributed by atoms with E-state index in [1.807, 2.05) is 12.1 Å². The van der Waals surface area contributed by atoms with Crippen LogP contribution in [0.4, 0.5) is 19.7 Å². The zero-order valence-corrected chi connectivity index (χ0v) is 16.7. The number of hydrogen-bond donors (Lipinski definition) is 2. The number of likely N-dealkylation sites (tertiary alicyclic amines) is 1. The van der Waals surface area contributed by atoms with E-state index in [9.17, 15) is 18.8 Å². The minimum atomic E-state index is -1.27. The molecule has 0 aliphatic carbocycles. The van der Waals surface area contributed by atoms with Gasteiger partial charge >= 0.3 is 12.1 Å². The molecule has 4 rings (SSSR count). The van der Waals surface area contributed by atoms with Crippen molar-refractivity contribution in [1.82, 2.24) is 14.5 Å². The first-order valence-corrected chi connectivity index (χ1v) is 9.97. The Morgan fingerprint density at radius 3 is 2.65 bits per heavy atom. The number of primary amides is 1. The monoisotopic (exact) mass is 423 g/mol. The van der Waals surface area contributed by atoms with Gasteiger partial charge in [0.2, 0.25) is 0 Å². The lowest BCUT2D eigenvalue weighted by atomic mass is 10.0. The maximum Gasteiger partial charge on any atom is 0.323 e. The highest BCUT2D eigenvalue weighted by atomic mass is 19.1. The number of carbonyl (C=O) groups excluding carboxylic acids is 3. The largest absolute Gasteiger partial charge is 0.351 e. The van der Waals surface area contributed by atoms with Crippen LogP contribution < -0.4 is 11.1 Å². The Morgan fingerprint density at radius 2 is 1.90 bits per heavy atom. The van der Waals surface area contributed by atoms with Crippen molar-refractivity contribution in [1.29, 1.82) is 0 Å². The maximum absolute atomic E-state index is 14.2. The topological polar surface area (TPSA) is 110 Å². The maximum atomic E-state index is 14.2. The molecule has 1 aromatic carbocycles. The fourth-order valence-electron chi connectivity index (χ4n) is 3.95. The summed E-state index contributed by atoms with van der Waals surface area (Å²) in [5.74, 6) is -0.188. The molecule has 3 N–H and O–H groups in total. The molecule has 1 aliphatic rings. The van der Waals surface area contributed by atoms with Crippen molar-refractivity contribution in [3.05, 3.63) is 60.6 Å². The van der Waals surface area contributed by atoms with Crippen LogP contribution in [-0.2, 0) is 11.2 Å². The number of anilines is 1. The van der Waals surface area contributed by atoms with Gasteiger partial charge in [-0.3, -0.25) is 14.3 Å². The predicted octanol–water partition coefficient (Wildman–Crippen LogP) is 3.11. The van der Waals surface area contributed by atoms with Gasteiger partial charge in [-0.05, 0) is 30.2 Å². The summed E-state index contributed by atoms with van der Waals surface area (Å²) in [6.45, 7) is -0.161. The molecule has 0 spiro atoms. The minimum Gasteiger partial charge on any atom is -0.351 e. The summed E-state index contributed by atoms with van der Waals surface area (Å²) in [5.41, 5.74) is 7.27. The standard InChI is InChI=1S/C22H22FN5O3/c23-15-11-19(20(29)6-5-14-7-9-25-10-8-14)28(12-15)22(31)26-17-13-27(21(24)30)18-4-2-1-3-16(17)18/h1-4,7-10,13,15,19H,5-6,11-12H2,(H2,24,30)(H,26,31)/t15-,19+/m1/s1. The number of aryl methyl sites for hydroxylation is 1. The Kier molecular flexibility index (Phi) is 5.66. The molecule has 3 aromatic rings. The number of alkyl halides is 1. The van der Waals surface area contributed by atoms with Crippen LogP contribution in [0.3, 0.4) is 0 Å². The average Bonchev–Trinajstić information content (AvgIpc) is 3.34. The molecular weight excluding hydrogens is 401 g/mol. The number of carbonyl (C=O) groups is 3. The lowest BCUT2D eigenvalue weighted by Crippen LogP contribution is -2.43. The summed E-state index contributed by atoms with van der Waals surface area (Å²) in [4.78, 5) is 42.6. The molecule has 1 saturated heterocycles. The van der Waals surface area contributed by atoms with E-state index < -0.39 is 24.3 Å². The highest BCUT2D eigenvalue weighted by molar-refractivity contribution is 6.05. The van der Waals surface area contributed by atoms with Crippen LogP contribution in [0.5, 0.6) is 0 Å². The molecule has 1 fully saturated rings. The number of aromatic nitrogens is 2. The Bertz CT molecular complexity index is 1130. The smallest absolute Gasteiger partial charge is 0.323 e. The van der Waals surface area contributed by atoms with Gasteiger partial charge in [0, 0.05) is 36.8 Å². The molecule has 0 bridgehead atoms. The third kappa shape index (κ3) is 4.25. The van der Waals surface area contributed by atoms with Crippen molar-refractivity contribution in [2.45, 2.75) is 31.5 Å². The van der Waals surface area contributed by atoms with E-state index in [-0.39, 0.29) is 25.2 Å². The SMILES string of the molecule is NC(=O)n1cc(NC(=O)N2C[C@H](F)C[C@H]2C(=O)CCc2ccncc2)c2ccccc21. The number of pyridine rings is 1. The Balaban J connectivity index is 1.50. The van der Waals surface area contributed by atoms with Crippen molar-refractivity contribution in [3.63, 3.8) is 0 Å².